The fourth-order valence-corrected chi connectivity index (χ4v) is 3.39. The lowest BCUT2D eigenvalue weighted by molar-refractivity contribution is 0.751. The van der Waals surface area contributed by atoms with E-state index in [4.69, 9.17) is 0 Å². The van der Waals surface area contributed by atoms with Gasteiger partial charge in [-0.3, -0.25) is 5.10 Å². The van der Waals surface area contributed by atoms with E-state index in [1.54, 1.807) is 18.9 Å². The molecule has 1 aliphatic carbocycles. The number of hydrogen-bond donors (Lipinski definition) is 2. The van der Waals surface area contributed by atoms with Crippen molar-refractivity contribution in [2.75, 3.05) is 5.32 Å². The molecule has 0 bridgehead atoms. The Morgan fingerprint density at radius 2 is 1.96 bits per heavy atom. The second kappa shape index (κ2) is 8.60. The van der Waals surface area contributed by atoms with E-state index in [0.29, 0.717) is 6.04 Å². The van der Waals surface area contributed by atoms with E-state index in [0.717, 1.165) is 29.1 Å². The van der Waals surface area contributed by atoms with Crippen molar-refractivity contribution in [3.63, 3.8) is 0 Å². The molecule has 1 aromatic carbocycles. The number of anilines is 1. The summed E-state index contributed by atoms with van der Waals surface area (Å²) in [6.45, 7) is 0. The van der Waals surface area contributed by atoms with Crippen molar-refractivity contribution in [2.24, 2.45) is 7.05 Å². The van der Waals surface area contributed by atoms with Gasteiger partial charge in [-0.25, -0.2) is 9.97 Å². The van der Waals surface area contributed by atoms with E-state index >= 15 is 0 Å². The Labute approximate surface area is 163 Å². The van der Waals surface area contributed by atoms with Crippen molar-refractivity contribution >= 4 is 16.9 Å². The van der Waals surface area contributed by atoms with Crippen LogP contribution in [0, 0.1) is 0 Å². The van der Waals surface area contributed by atoms with E-state index in [1.807, 2.05) is 29.8 Å². The van der Waals surface area contributed by atoms with Gasteiger partial charge in [0.1, 0.15) is 24.3 Å². The molecule has 28 heavy (non-hydrogen) atoms. The van der Waals surface area contributed by atoms with E-state index < -0.39 is 0 Å². The lowest BCUT2D eigenvalue weighted by Crippen LogP contribution is -2.15. The highest BCUT2D eigenvalue weighted by molar-refractivity contribution is 5.85. The molecule has 0 saturated heterocycles. The normalized spacial score (nSPS) is 14.0. The molecule has 3 aromatic heterocycles. The molecule has 0 amide bonds. The van der Waals surface area contributed by atoms with Crippen LogP contribution in [0.4, 0.5) is 5.82 Å². The van der Waals surface area contributed by atoms with Gasteiger partial charge in [-0.05, 0) is 18.4 Å². The molecule has 0 spiro atoms. The van der Waals surface area contributed by atoms with Crippen LogP contribution in [-0.4, -0.2) is 41.0 Å². The van der Waals surface area contributed by atoms with E-state index in [1.165, 1.54) is 31.2 Å². The molecule has 144 valence electrons. The first kappa shape index (κ1) is 18.1. The molecule has 2 N–H and O–H groups in total. The summed E-state index contributed by atoms with van der Waals surface area (Å²) in [5.74, 6) is 1.90. The highest BCUT2D eigenvalue weighted by Crippen LogP contribution is 2.24. The second-order valence-corrected chi connectivity index (χ2v) is 7.00. The Morgan fingerprint density at radius 3 is 2.71 bits per heavy atom. The molecule has 0 aliphatic heterocycles. The molecule has 8 nitrogen and oxygen atoms in total. The monoisotopic (exact) mass is 376 g/mol. The third-order valence-corrected chi connectivity index (χ3v) is 4.95. The predicted octanol–water partition coefficient (Wildman–Crippen LogP) is 3.11. The van der Waals surface area contributed by atoms with Crippen LogP contribution in [0.15, 0.2) is 49.2 Å². The van der Waals surface area contributed by atoms with Gasteiger partial charge < -0.3 is 9.88 Å². The summed E-state index contributed by atoms with van der Waals surface area (Å²) in [7, 11) is 1.96. The van der Waals surface area contributed by atoms with Crippen LogP contribution in [0.25, 0.3) is 11.0 Å². The Kier molecular flexibility index (Phi) is 5.56. The SMILES string of the molecule is Cn1cnnc1Cc1ccccc1.c1nc(NC2CCCC2)c2cn[nH]c2n1. The maximum Gasteiger partial charge on any atom is 0.160 e. The number of rotatable bonds is 4. The summed E-state index contributed by atoms with van der Waals surface area (Å²) in [6, 6.07) is 10.8. The van der Waals surface area contributed by atoms with Gasteiger partial charge in [-0.15, -0.1) is 10.2 Å². The predicted molar refractivity (Wildman–Crippen MR) is 108 cm³/mol. The molecule has 0 radical (unpaired) electrons. The fourth-order valence-electron chi connectivity index (χ4n) is 3.39. The number of benzene rings is 1. The van der Waals surface area contributed by atoms with Gasteiger partial charge >= 0.3 is 0 Å². The molecule has 0 unspecified atom stereocenters. The van der Waals surface area contributed by atoms with Crippen LogP contribution < -0.4 is 5.32 Å². The second-order valence-electron chi connectivity index (χ2n) is 7.00. The molecule has 8 heteroatoms. The van der Waals surface area contributed by atoms with Gasteiger partial charge in [0.05, 0.1) is 11.6 Å². The van der Waals surface area contributed by atoms with Gasteiger partial charge in [0.25, 0.3) is 0 Å². The molecule has 1 fully saturated rings. The maximum atomic E-state index is 4.26. The largest absolute Gasteiger partial charge is 0.367 e. The van der Waals surface area contributed by atoms with E-state index in [2.05, 4.69) is 47.8 Å². The maximum absolute atomic E-state index is 4.26. The molecule has 1 aliphatic rings. The summed E-state index contributed by atoms with van der Waals surface area (Å²) >= 11 is 0. The number of nitrogens with zero attached hydrogens (tertiary/aromatic N) is 6. The number of aryl methyl sites for hydroxylation is 1. The number of fused-ring (bicyclic) bond motifs is 1. The molecular formula is C20H24N8. The fraction of sp³-hybridized carbons (Fsp3) is 0.350. The first-order chi connectivity index (χ1) is 13.8. The van der Waals surface area contributed by atoms with Crippen molar-refractivity contribution in [1.29, 1.82) is 0 Å². The van der Waals surface area contributed by atoms with E-state index in [9.17, 15) is 0 Å². The zero-order chi connectivity index (χ0) is 19.2. The Hall–Kier alpha value is -3.29. The third kappa shape index (κ3) is 4.33. The van der Waals surface area contributed by atoms with Crippen molar-refractivity contribution in [2.45, 2.75) is 38.1 Å². The van der Waals surface area contributed by atoms with Crippen molar-refractivity contribution in [3.8, 4) is 0 Å². The van der Waals surface area contributed by atoms with Gasteiger partial charge in [-0.2, -0.15) is 5.10 Å². The molecule has 5 rings (SSSR count). The number of aromatic amines is 1. The summed E-state index contributed by atoms with van der Waals surface area (Å²) in [4.78, 5) is 8.37. The first-order valence-electron chi connectivity index (χ1n) is 9.57. The van der Waals surface area contributed by atoms with Gasteiger partial charge in [0.2, 0.25) is 0 Å². The lowest BCUT2D eigenvalue weighted by atomic mass is 10.1. The summed E-state index contributed by atoms with van der Waals surface area (Å²) in [5, 5.41) is 19.1. The minimum Gasteiger partial charge on any atom is -0.367 e. The van der Waals surface area contributed by atoms with Crippen LogP contribution in [0.5, 0.6) is 0 Å². The smallest absolute Gasteiger partial charge is 0.160 e. The number of hydrogen-bond acceptors (Lipinski definition) is 6. The highest BCUT2D eigenvalue weighted by atomic mass is 15.2. The molecule has 3 heterocycles. The minimum atomic E-state index is 0.568. The lowest BCUT2D eigenvalue weighted by Gasteiger charge is -2.12. The van der Waals surface area contributed by atoms with Crippen LogP contribution in [0.1, 0.15) is 37.1 Å². The molecule has 0 atom stereocenters. The van der Waals surface area contributed by atoms with Crippen LogP contribution >= 0.6 is 0 Å². The average molecular weight is 376 g/mol. The average Bonchev–Trinajstić information content (AvgIpc) is 3.47. The molecule has 4 aromatic rings. The topological polar surface area (TPSA) is 97.2 Å². The van der Waals surface area contributed by atoms with E-state index in [-0.39, 0.29) is 0 Å². The number of nitrogens with one attached hydrogen (secondary N) is 2. The Balaban J connectivity index is 0.000000139. The summed E-state index contributed by atoms with van der Waals surface area (Å²) in [6.07, 6.45) is 11.0. The summed E-state index contributed by atoms with van der Waals surface area (Å²) in [5.41, 5.74) is 2.06. The van der Waals surface area contributed by atoms with Crippen molar-refractivity contribution in [3.05, 3.63) is 60.6 Å². The van der Waals surface area contributed by atoms with Crippen LogP contribution in [0.3, 0.4) is 0 Å². The first-order valence-corrected chi connectivity index (χ1v) is 9.57. The van der Waals surface area contributed by atoms with Crippen molar-refractivity contribution in [1.82, 2.24) is 34.9 Å². The number of aromatic nitrogens is 7. The van der Waals surface area contributed by atoms with Gasteiger partial charge in [0.15, 0.2) is 5.65 Å². The minimum absolute atomic E-state index is 0.568. The van der Waals surface area contributed by atoms with Gasteiger partial charge in [-0.1, -0.05) is 43.2 Å². The van der Waals surface area contributed by atoms with Crippen molar-refractivity contribution < 1.29 is 0 Å². The summed E-state index contributed by atoms with van der Waals surface area (Å²) < 4.78 is 1.94. The number of H-pyrrole nitrogens is 1. The molecule has 1 saturated carbocycles. The highest BCUT2D eigenvalue weighted by Gasteiger charge is 2.16. The quantitative estimate of drug-likeness (QED) is 0.568. The zero-order valence-electron chi connectivity index (χ0n) is 15.9. The zero-order valence-corrected chi connectivity index (χ0v) is 15.9. The molecular weight excluding hydrogens is 352 g/mol. The van der Waals surface area contributed by atoms with Gasteiger partial charge in [0, 0.05) is 19.5 Å². The third-order valence-electron chi connectivity index (χ3n) is 4.95. The standard InChI is InChI=1S/C10H13N5.C10H11N3/c1-2-4-7(3-1)14-9-8-5-13-15-10(8)12-6-11-9;1-13-8-11-12-10(13)7-9-5-3-2-4-6-9/h5-7H,1-4H2,(H2,11,12,13,14,15);2-6,8H,7H2,1H3. The van der Waals surface area contributed by atoms with Crippen LogP contribution in [0.2, 0.25) is 0 Å². The Bertz CT molecular complexity index is 1000. The Morgan fingerprint density at radius 1 is 1.14 bits per heavy atom. The van der Waals surface area contributed by atoms with Crippen LogP contribution in [-0.2, 0) is 13.5 Å².